The summed E-state index contributed by atoms with van der Waals surface area (Å²) in [4.78, 5) is 40.7. The Labute approximate surface area is 539 Å². The smallest absolute Gasteiger partial charge is 0.333 e. The van der Waals surface area contributed by atoms with E-state index in [-0.39, 0.29) is 150 Å². The van der Waals surface area contributed by atoms with Crippen LogP contribution in [0.3, 0.4) is 0 Å². The maximum Gasteiger partial charge on any atom is 0.333 e. The van der Waals surface area contributed by atoms with E-state index in [9.17, 15) is 79.2 Å². The summed E-state index contributed by atoms with van der Waals surface area (Å²) in [5.41, 5.74) is -0.731. The quantitative estimate of drug-likeness (QED) is 0.0204. The first-order chi connectivity index (χ1) is 43.7. The summed E-state index contributed by atoms with van der Waals surface area (Å²) < 4.78 is 231. The highest BCUT2D eigenvalue weighted by Crippen LogP contribution is 2.54. The summed E-state index contributed by atoms with van der Waals surface area (Å²) in [6.07, 6.45) is 5.31. The van der Waals surface area contributed by atoms with E-state index in [0.29, 0.717) is 65.4 Å². The molecule has 4 aromatic rings. The molecule has 93 heavy (non-hydrogen) atoms. The largest absolute Gasteiger partial charge is 0.748 e. The van der Waals surface area contributed by atoms with Gasteiger partial charge in [-0.1, -0.05) is 23.8 Å². The summed E-state index contributed by atoms with van der Waals surface area (Å²) in [6, 6.07) is 8.32. The van der Waals surface area contributed by atoms with Crippen LogP contribution < -0.4 is 4.90 Å². The van der Waals surface area contributed by atoms with Crippen molar-refractivity contribution < 1.29 is 122 Å². The molecule has 512 valence electrons. The van der Waals surface area contributed by atoms with Crippen LogP contribution in [0.15, 0.2) is 104 Å². The van der Waals surface area contributed by atoms with E-state index in [4.69, 9.17) is 38.0 Å². The first-order valence-corrected chi connectivity index (χ1v) is 36.3. The SMILES string of the molecule is COCCOCCOCCOCCC1(C)\C(=C/C=C(C)/C=C/C2=[N+](CCOCCOCCOC)c3ccc4c(S(=O)(=O)[O-])cc(S(=O)(=O)[O-])cc4c3C2(C)CCCS(=O)(=O)[O-])N(CCCC(=O)ON2C(=O)CCC2=O)c2ccc3c(S(=O)(=O)[O-])cc(S(=O)(=O)[O-])cc3c21. The van der Waals surface area contributed by atoms with Gasteiger partial charge in [-0.05, 0) is 111 Å². The zero-order chi connectivity index (χ0) is 68.3. The molecule has 0 N–H and O–H groups in total. The van der Waals surface area contributed by atoms with Gasteiger partial charge in [0.1, 0.15) is 47.1 Å². The highest BCUT2D eigenvalue weighted by Gasteiger charge is 2.49. The first kappa shape index (κ1) is 74.4. The minimum Gasteiger partial charge on any atom is -0.748 e. The van der Waals surface area contributed by atoms with Gasteiger partial charge < -0.3 is 65.7 Å². The molecule has 2 amide bonds. The van der Waals surface area contributed by atoms with Gasteiger partial charge in [-0.3, -0.25) is 9.59 Å². The molecule has 3 heterocycles. The van der Waals surface area contributed by atoms with Crippen LogP contribution in [0.25, 0.3) is 21.5 Å². The molecule has 1 saturated heterocycles. The average Bonchev–Trinajstić information content (AvgIpc) is 1.60. The minimum atomic E-state index is -5.48. The zero-order valence-electron chi connectivity index (χ0n) is 51.5. The topological polar surface area (TPSA) is 421 Å². The molecular weight excluding hydrogens is 1330 g/mol. The van der Waals surface area contributed by atoms with Crippen LogP contribution in [0.2, 0.25) is 0 Å². The Hall–Kier alpha value is -6.03. The molecule has 4 aromatic carbocycles. The van der Waals surface area contributed by atoms with Crippen LogP contribution in [-0.2, 0) is 114 Å². The van der Waals surface area contributed by atoms with E-state index in [1.165, 1.54) is 38.5 Å². The van der Waals surface area contributed by atoms with E-state index >= 15 is 0 Å². The van der Waals surface area contributed by atoms with Crippen molar-refractivity contribution in [3.63, 3.8) is 0 Å². The molecule has 2 atom stereocenters. The number of hydroxylamine groups is 2. The van der Waals surface area contributed by atoms with Crippen molar-refractivity contribution >= 4 is 107 Å². The van der Waals surface area contributed by atoms with Gasteiger partial charge in [-0.25, -0.2) is 46.9 Å². The summed E-state index contributed by atoms with van der Waals surface area (Å²) in [7, 11) is -23.7. The fourth-order valence-corrected chi connectivity index (χ4v) is 14.7. The van der Waals surface area contributed by atoms with Crippen LogP contribution >= 0.6 is 0 Å². The number of benzene rings is 4. The second kappa shape index (κ2) is 31.2. The normalized spacial score (nSPS) is 18.8. The molecule has 2 unspecified atom stereocenters. The van der Waals surface area contributed by atoms with Crippen LogP contribution in [0.1, 0.15) is 76.8 Å². The average molecular weight is 1400 g/mol. The third kappa shape index (κ3) is 18.5. The first-order valence-electron chi connectivity index (χ1n) is 29.1. The van der Waals surface area contributed by atoms with Crippen molar-refractivity contribution in [1.29, 1.82) is 0 Å². The number of hydrogen-bond acceptors (Lipinski definition) is 27. The Morgan fingerprint density at radius 3 is 1.59 bits per heavy atom. The minimum absolute atomic E-state index is 0.00466. The van der Waals surface area contributed by atoms with Crippen molar-refractivity contribution in [2.75, 3.05) is 117 Å². The van der Waals surface area contributed by atoms with Gasteiger partial charge >= 0.3 is 5.97 Å². The van der Waals surface area contributed by atoms with E-state index in [0.717, 1.165) is 12.1 Å². The molecule has 0 saturated carbocycles. The summed E-state index contributed by atoms with van der Waals surface area (Å²) in [6.45, 7) is 7.09. The lowest BCUT2D eigenvalue weighted by molar-refractivity contribution is -0.442. The third-order valence-corrected chi connectivity index (χ3v) is 20.0. The van der Waals surface area contributed by atoms with Gasteiger partial charge in [0.15, 0.2) is 12.3 Å². The number of amides is 2. The zero-order valence-corrected chi connectivity index (χ0v) is 55.6. The Bertz CT molecular complexity index is 4190. The fraction of sp³-hybridized carbons (Fsp3) is 0.492. The van der Waals surface area contributed by atoms with Crippen molar-refractivity contribution in [1.82, 2.24) is 5.06 Å². The van der Waals surface area contributed by atoms with Crippen LogP contribution in [0.4, 0.5) is 11.4 Å². The molecule has 1 fully saturated rings. The van der Waals surface area contributed by atoms with Gasteiger partial charge in [0.05, 0.1) is 101 Å². The van der Waals surface area contributed by atoms with E-state index in [1.54, 1.807) is 54.6 Å². The summed E-state index contributed by atoms with van der Waals surface area (Å²) >= 11 is 0. The third-order valence-electron chi connectivity index (χ3n) is 15.8. The molecule has 0 aliphatic carbocycles. The number of methoxy groups -OCH3 is 2. The van der Waals surface area contributed by atoms with E-state index < -0.39 is 105 Å². The number of allylic oxidation sites excluding steroid dienone is 6. The van der Waals surface area contributed by atoms with Crippen molar-refractivity contribution in [2.45, 2.75) is 96.1 Å². The van der Waals surface area contributed by atoms with Gasteiger partial charge in [0, 0.05) is 92.3 Å². The predicted octanol–water partition coefficient (Wildman–Crippen LogP) is 3.61. The number of hydrogen-bond donors (Lipinski definition) is 0. The van der Waals surface area contributed by atoms with E-state index in [2.05, 4.69) is 0 Å². The van der Waals surface area contributed by atoms with Gasteiger partial charge in [0.2, 0.25) is 5.69 Å². The van der Waals surface area contributed by atoms with Gasteiger partial charge in [-0.15, -0.1) is 5.06 Å². The molecule has 0 spiro atoms. The number of carbonyl (C=O) groups excluding carboxylic acids is 3. The molecule has 3 aliphatic rings. The second-order valence-corrected chi connectivity index (χ2v) is 29.2. The summed E-state index contributed by atoms with van der Waals surface area (Å²) in [5.74, 6) is -3.26. The number of nitrogens with zero attached hydrogens (tertiary/aromatic N) is 3. The van der Waals surface area contributed by atoms with Gasteiger partial charge in [0.25, 0.3) is 11.8 Å². The number of ether oxygens (including phenoxy) is 7. The molecule has 34 heteroatoms. The van der Waals surface area contributed by atoms with Crippen molar-refractivity contribution in [3.05, 3.63) is 95.2 Å². The van der Waals surface area contributed by atoms with Crippen LogP contribution in [-0.4, -0.2) is 210 Å². The lowest BCUT2D eigenvalue weighted by Crippen LogP contribution is -2.33. The van der Waals surface area contributed by atoms with Crippen molar-refractivity contribution in [2.24, 2.45) is 0 Å². The highest BCUT2D eigenvalue weighted by molar-refractivity contribution is 7.87. The summed E-state index contributed by atoms with van der Waals surface area (Å²) in [5, 5.41) is -0.387. The molecule has 7 rings (SSSR count). The van der Waals surface area contributed by atoms with E-state index in [1.807, 2.05) is 0 Å². The molecule has 29 nitrogen and oxygen atoms in total. The monoisotopic (exact) mass is 1400 g/mol. The lowest BCUT2D eigenvalue weighted by atomic mass is 9.74. The van der Waals surface area contributed by atoms with Gasteiger partial charge in [-0.2, -0.15) is 4.58 Å². The Kier molecular flexibility index (Phi) is 25.0. The standard InChI is InChI=1S/C59H75N3O26S5/c1-40(9-15-51-58(2,19-7-35-89(66,67)68)56-45-36-41(90(69,70)71)38-49(92(75,76)77)43(45)12-14-48(56)61(51)22-24-84-30-32-85-27-25-81-4)10-16-52-59(3,20-23-83-29-31-87-34-33-86-28-26-82-5)57-46-37-42(91(72,73)74)39-50(93(78,79)80)44(46)11-13-47(57)60(52)21-6-8-55(65)88-62-53(63)17-18-54(62)64/h9-16,36-39H,6-8,17-35H2,1-5H3,(H4-,66,67,68,69,70,71,72,73,74,75,76,77,78,79,80)/p-4. The molecular formula is C59H71N3O26S5-4. The molecule has 0 aromatic heterocycles. The van der Waals surface area contributed by atoms with Crippen molar-refractivity contribution in [3.8, 4) is 0 Å². The maximum atomic E-state index is 13.3. The highest BCUT2D eigenvalue weighted by atomic mass is 32.2. The number of anilines is 1. The fourth-order valence-electron chi connectivity index (χ4n) is 11.5. The van der Waals surface area contributed by atoms with Crippen LogP contribution in [0.5, 0.6) is 0 Å². The molecule has 3 aliphatic heterocycles. The Morgan fingerprint density at radius 2 is 1.09 bits per heavy atom. The maximum absolute atomic E-state index is 13.3. The van der Waals surface area contributed by atoms with Crippen LogP contribution in [0, 0.1) is 0 Å². The predicted molar refractivity (Wildman–Crippen MR) is 325 cm³/mol. The second-order valence-electron chi connectivity index (χ2n) is 22.2. The molecule has 0 bridgehead atoms. The number of rotatable bonds is 37. The Morgan fingerprint density at radius 1 is 0.591 bits per heavy atom. The number of fused-ring (bicyclic) bond motifs is 6. The Balaban J connectivity index is 1.40. The molecule has 0 radical (unpaired) electrons. The number of carbonyl (C=O) groups is 3. The number of imide groups is 1. The lowest BCUT2D eigenvalue weighted by Gasteiger charge is -2.31.